The molecule has 3 aromatic carbocycles. The Labute approximate surface area is 224 Å². The third-order valence-corrected chi connectivity index (χ3v) is 5.76. The van der Waals surface area contributed by atoms with Crippen LogP contribution in [0.1, 0.15) is 15.9 Å². The van der Waals surface area contributed by atoms with Gasteiger partial charge in [-0.15, -0.1) is 0 Å². The number of halogens is 2. The fourth-order valence-corrected chi connectivity index (χ4v) is 3.60. The molecule has 0 aliphatic carbocycles. The van der Waals surface area contributed by atoms with E-state index in [1.807, 2.05) is 30.3 Å². The maximum atomic E-state index is 12.7. The van der Waals surface area contributed by atoms with Crippen LogP contribution in [0.4, 0.5) is 5.69 Å². The lowest BCUT2D eigenvalue weighted by Crippen LogP contribution is -2.45. The van der Waals surface area contributed by atoms with Crippen molar-refractivity contribution in [1.29, 1.82) is 0 Å². The summed E-state index contributed by atoms with van der Waals surface area (Å²) in [6.07, 6.45) is -1.93. The minimum absolute atomic E-state index is 0.0309. The molecule has 0 radical (unpaired) electrons. The van der Waals surface area contributed by atoms with Crippen molar-refractivity contribution in [2.75, 3.05) is 25.6 Å². The van der Waals surface area contributed by atoms with Gasteiger partial charge < -0.3 is 35.4 Å². The Balaban J connectivity index is 1.81. The zero-order valence-electron chi connectivity index (χ0n) is 19.9. The van der Waals surface area contributed by atoms with Crippen LogP contribution >= 0.6 is 23.2 Å². The highest BCUT2D eigenvalue weighted by Gasteiger charge is 2.20. The van der Waals surface area contributed by atoms with E-state index in [0.717, 1.165) is 5.69 Å². The number of nitrogens with zero attached hydrogens (tertiary/aromatic N) is 1. The molecule has 9 nitrogen and oxygen atoms in total. The minimum Gasteiger partial charge on any atom is -0.485 e. The molecule has 11 heteroatoms. The first-order valence-corrected chi connectivity index (χ1v) is 12.0. The van der Waals surface area contributed by atoms with Crippen LogP contribution in [0.25, 0.3) is 0 Å². The number of aliphatic hydroxyl groups excluding tert-OH is 2. The van der Waals surface area contributed by atoms with Crippen molar-refractivity contribution in [3.8, 4) is 11.5 Å². The molecule has 0 aliphatic heterocycles. The van der Waals surface area contributed by atoms with E-state index in [1.165, 1.54) is 12.1 Å². The van der Waals surface area contributed by atoms with Crippen LogP contribution in [-0.2, 0) is 6.61 Å². The van der Waals surface area contributed by atoms with E-state index in [0.29, 0.717) is 27.2 Å². The van der Waals surface area contributed by atoms with Crippen molar-refractivity contribution in [3.05, 3.63) is 87.9 Å². The first-order valence-electron chi connectivity index (χ1n) is 11.2. The second-order valence-electron chi connectivity index (χ2n) is 7.81. The highest BCUT2D eigenvalue weighted by Crippen LogP contribution is 2.31. The van der Waals surface area contributed by atoms with E-state index < -0.39 is 24.8 Å². The highest BCUT2D eigenvalue weighted by molar-refractivity contribution is 6.35. The van der Waals surface area contributed by atoms with Crippen molar-refractivity contribution in [2.45, 2.75) is 18.9 Å². The molecule has 1 amide bonds. The van der Waals surface area contributed by atoms with Gasteiger partial charge in [0.05, 0.1) is 6.61 Å². The van der Waals surface area contributed by atoms with Gasteiger partial charge in [0.25, 0.3) is 5.91 Å². The van der Waals surface area contributed by atoms with Crippen molar-refractivity contribution in [2.24, 2.45) is 4.99 Å². The van der Waals surface area contributed by atoms with Gasteiger partial charge in [-0.25, -0.2) is 0 Å². The number of amides is 1. The first-order chi connectivity index (χ1) is 17.8. The summed E-state index contributed by atoms with van der Waals surface area (Å²) in [6, 6.07) is 17.7. The van der Waals surface area contributed by atoms with Gasteiger partial charge in [0, 0.05) is 33.9 Å². The molecule has 196 valence electrons. The van der Waals surface area contributed by atoms with Crippen molar-refractivity contribution in [1.82, 2.24) is 5.32 Å². The number of nitrogens with one attached hydrogen (secondary N) is 2. The van der Waals surface area contributed by atoms with Crippen LogP contribution in [0.3, 0.4) is 0 Å². The summed E-state index contributed by atoms with van der Waals surface area (Å²) in [7, 11) is 1.62. The molecule has 5 N–H and O–H groups in total. The van der Waals surface area contributed by atoms with Crippen LogP contribution in [0, 0.1) is 0 Å². The average Bonchev–Trinajstić information content (AvgIpc) is 2.89. The Morgan fingerprint density at radius 1 is 1.00 bits per heavy atom. The lowest BCUT2D eigenvalue weighted by Gasteiger charge is -2.19. The SMILES string of the molecule is CN=C(COc1cc(C(=O)NC(CO)C(O)O)ccc1OCc1ccc(Cl)cc1Cl)Nc1ccccc1. The Hall–Kier alpha value is -3.34. The molecular weight excluding hydrogens is 521 g/mol. The predicted molar refractivity (Wildman–Crippen MR) is 143 cm³/mol. The van der Waals surface area contributed by atoms with E-state index in [9.17, 15) is 20.1 Å². The summed E-state index contributed by atoms with van der Waals surface area (Å²) in [4.78, 5) is 16.9. The smallest absolute Gasteiger partial charge is 0.251 e. The average molecular weight is 548 g/mol. The monoisotopic (exact) mass is 547 g/mol. The zero-order valence-corrected chi connectivity index (χ0v) is 21.4. The second-order valence-corrected chi connectivity index (χ2v) is 8.66. The maximum Gasteiger partial charge on any atom is 0.251 e. The van der Waals surface area contributed by atoms with Gasteiger partial charge in [-0.3, -0.25) is 9.79 Å². The molecule has 37 heavy (non-hydrogen) atoms. The third-order valence-electron chi connectivity index (χ3n) is 5.17. The largest absolute Gasteiger partial charge is 0.485 e. The normalized spacial score (nSPS) is 12.2. The number of ether oxygens (including phenoxy) is 2. The van der Waals surface area contributed by atoms with Gasteiger partial charge in [0.1, 0.15) is 25.1 Å². The summed E-state index contributed by atoms with van der Waals surface area (Å²) in [5.74, 6) is 0.449. The number of carbonyl (C=O) groups excluding carboxylic acids is 1. The van der Waals surface area contributed by atoms with Crippen molar-refractivity contribution >= 4 is 40.6 Å². The molecule has 1 unspecified atom stereocenters. The molecule has 0 aliphatic rings. The Morgan fingerprint density at radius 3 is 2.41 bits per heavy atom. The van der Waals surface area contributed by atoms with Crippen LogP contribution in [0.15, 0.2) is 71.7 Å². The molecule has 0 saturated heterocycles. The van der Waals surface area contributed by atoms with E-state index in [2.05, 4.69) is 15.6 Å². The Morgan fingerprint density at radius 2 is 1.76 bits per heavy atom. The summed E-state index contributed by atoms with van der Waals surface area (Å²) < 4.78 is 11.9. The quantitative estimate of drug-likeness (QED) is 0.141. The van der Waals surface area contributed by atoms with E-state index in [-0.39, 0.29) is 24.5 Å². The van der Waals surface area contributed by atoms with Gasteiger partial charge in [-0.05, 0) is 42.5 Å². The number of hydrogen-bond donors (Lipinski definition) is 5. The fraction of sp³-hybridized carbons (Fsp3) is 0.231. The number of anilines is 1. The number of carbonyl (C=O) groups is 1. The fourth-order valence-electron chi connectivity index (χ4n) is 3.13. The summed E-state index contributed by atoms with van der Waals surface area (Å²) in [5.41, 5.74) is 1.67. The van der Waals surface area contributed by atoms with Crippen LogP contribution in [0.2, 0.25) is 10.0 Å². The van der Waals surface area contributed by atoms with Gasteiger partial charge in [0.15, 0.2) is 17.8 Å². The van der Waals surface area contributed by atoms with Crippen molar-refractivity contribution in [3.63, 3.8) is 0 Å². The van der Waals surface area contributed by atoms with Crippen LogP contribution < -0.4 is 20.1 Å². The number of benzene rings is 3. The zero-order chi connectivity index (χ0) is 26.8. The number of para-hydroxylation sites is 1. The molecule has 0 bridgehead atoms. The molecule has 3 aromatic rings. The van der Waals surface area contributed by atoms with Gasteiger partial charge in [-0.1, -0.05) is 47.5 Å². The summed E-state index contributed by atoms with van der Waals surface area (Å²) in [6.45, 7) is -0.515. The predicted octanol–water partition coefficient (Wildman–Crippen LogP) is 3.49. The van der Waals surface area contributed by atoms with Gasteiger partial charge in [0.2, 0.25) is 0 Å². The molecule has 0 spiro atoms. The molecular formula is C26H27Cl2N3O6. The molecule has 0 heterocycles. The lowest BCUT2D eigenvalue weighted by atomic mass is 10.1. The maximum absolute atomic E-state index is 12.7. The van der Waals surface area contributed by atoms with E-state index in [4.69, 9.17) is 32.7 Å². The third kappa shape index (κ3) is 8.34. The summed E-state index contributed by atoms with van der Waals surface area (Å²) >= 11 is 12.2. The minimum atomic E-state index is -1.93. The first kappa shape index (κ1) is 28.2. The Bertz CT molecular complexity index is 1220. The van der Waals surface area contributed by atoms with Gasteiger partial charge in [-0.2, -0.15) is 0 Å². The molecule has 0 fully saturated rings. The van der Waals surface area contributed by atoms with E-state index >= 15 is 0 Å². The standard InChI is InChI=1S/C26H27Cl2N3O6/c1-29-24(30-19-5-3-2-4-6-19)15-37-23-11-16(25(33)31-21(13-32)26(34)35)8-10-22(23)36-14-17-7-9-18(27)12-20(17)28/h2-12,21,26,32,34-35H,13-15H2,1H3,(H,29,30)(H,31,33). The number of aliphatic imine (C=N–C) groups is 1. The number of amidine groups is 1. The topological polar surface area (TPSA) is 133 Å². The second kappa shape index (κ2) is 13.8. The molecule has 0 saturated carbocycles. The van der Waals surface area contributed by atoms with Crippen LogP contribution in [0.5, 0.6) is 11.5 Å². The number of hydrogen-bond acceptors (Lipinski definition) is 7. The molecule has 3 rings (SSSR count). The number of aliphatic hydroxyl groups is 3. The lowest BCUT2D eigenvalue weighted by molar-refractivity contribution is -0.0755. The highest BCUT2D eigenvalue weighted by atomic mass is 35.5. The number of rotatable bonds is 11. The molecule has 1 atom stereocenters. The Kier molecular flexibility index (Phi) is 10.6. The van der Waals surface area contributed by atoms with Gasteiger partial charge >= 0.3 is 0 Å². The van der Waals surface area contributed by atoms with Crippen LogP contribution in [-0.4, -0.2) is 59.7 Å². The molecule has 0 aromatic heterocycles. The van der Waals surface area contributed by atoms with Crippen molar-refractivity contribution < 1.29 is 29.6 Å². The van der Waals surface area contributed by atoms with E-state index in [1.54, 1.807) is 31.3 Å². The summed E-state index contributed by atoms with van der Waals surface area (Å²) in [5, 5.41) is 34.4.